The van der Waals surface area contributed by atoms with Gasteiger partial charge in [0.15, 0.2) is 5.82 Å². The van der Waals surface area contributed by atoms with Crippen LogP contribution in [-0.4, -0.2) is 38.3 Å². The van der Waals surface area contributed by atoms with Gasteiger partial charge in [-0.1, -0.05) is 31.4 Å². The number of aryl methyl sites for hydroxylation is 1. The van der Waals surface area contributed by atoms with Crippen molar-refractivity contribution in [1.82, 2.24) is 20.5 Å². The third-order valence-corrected chi connectivity index (χ3v) is 4.34. The van der Waals surface area contributed by atoms with Crippen LogP contribution in [0.2, 0.25) is 0 Å². The third-order valence-electron chi connectivity index (χ3n) is 4.34. The maximum Gasteiger partial charge on any atom is 0.251 e. The molecule has 0 radical (unpaired) electrons. The minimum Gasteiger partial charge on any atom is -0.388 e. The smallest absolute Gasteiger partial charge is 0.251 e. The first-order chi connectivity index (χ1) is 11.1. The second kappa shape index (κ2) is 6.50. The van der Waals surface area contributed by atoms with Crippen LogP contribution in [0.5, 0.6) is 0 Å². The van der Waals surface area contributed by atoms with Crippen LogP contribution in [0.4, 0.5) is 0 Å². The molecule has 122 valence electrons. The minimum atomic E-state index is -0.758. The predicted octanol–water partition coefficient (Wildman–Crippen LogP) is 2.21. The molecule has 1 aromatic carbocycles. The van der Waals surface area contributed by atoms with Crippen LogP contribution in [-0.2, 0) is 0 Å². The van der Waals surface area contributed by atoms with Crippen LogP contribution in [0, 0.1) is 6.92 Å². The Labute approximate surface area is 135 Å². The number of carbonyl (C=O) groups excluding carboxylic acids is 1. The predicted molar refractivity (Wildman–Crippen MR) is 86.9 cm³/mol. The van der Waals surface area contributed by atoms with E-state index in [2.05, 4.69) is 20.5 Å². The molecule has 0 bridgehead atoms. The monoisotopic (exact) mass is 314 g/mol. The Hall–Kier alpha value is -2.21. The Morgan fingerprint density at radius 1 is 1.35 bits per heavy atom. The highest BCUT2D eigenvalue weighted by Gasteiger charge is 2.29. The lowest BCUT2D eigenvalue weighted by Gasteiger charge is -2.32. The number of amides is 1. The lowest BCUT2D eigenvalue weighted by Crippen LogP contribution is -2.44. The molecule has 0 aliphatic heterocycles. The molecule has 6 heteroatoms. The van der Waals surface area contributed by atoms with Crippen molar-refractivity contribution in [2.75, 3.05) is 6.54 Å². The molecule has 0 saturated heterocycles. The van der Waals surface area contributed by atoms with Gasteiger partial charge >= 0.3 is 0 Å². The molecule has 23 heavy (non-hydrogen) atoms. The summed E-state index contributed by atoms with van der Waals surface area (Å²) in [6.07, 6.45) is 4.71. The lowest BCUT2D eigenvalue weighted by atomic mass is 9.85. The van der Waals surface area contributed by atoms with Crippen molar-refractivity contribution in [2.24, 2.45) is 0 Å². The number of nitrogens with zero attached hydrogens (tertiary/aromatic N) is 2. The first-order valence-electron chi connectivity index (χ1n) is 8.06. The zero-order valence-electron chi connectivity index (χ0n) is 13.3. The van der Waals surface area contributed by atoms with E-state index in [-0.39, 0.29) is 5.91 Å². The van der Waals surface area contributed by atoms with E-state index in [0.717, 1.165) is 43.5 Å². The van der Waals surface area contributed by atoms with Crippen LogP contribution in [0.25, 0.3) is 11.4 Å². The fourth-order valence-electron chi connectivity index (χ4n) is 3.00. The van der Waals surface area contributed by atoms with Crippen molar-refractivity contribution in [3.05, 3.63) is 35.7 Å². The molecule has 0 spiro atoms. The lowest BCUT2D eigenvalue weighted by molar-refractivity contribution is 0.00526. The van der Waals surface area contributed by atoms with Crippen molar-refractivity contribution in [3.63, 3.8) is 0 Å². The van der Waals surface area contributed by atoms with E-state index in [1.54, 1.807) is 12.1 Å². The highest BCUT2D eigenvalue weighted by atomic mass is 16.3. The zero-order valence-corrected chi connectivity index (χ0v) is 13.3. The zero-order chi connectivity index (χ0) is 16.3. The molecule has 1 heterocycles. The number of aromatic nitrogens is 3. The second-order valence-electron chi connectivity index (χ2n) is 6.29. The summed E-state index contributed by atoms with van der Waals surface area (Å²) in [7, 11) is 0. The standard InChI is InChI=1S/C17H22N4O2/c1-12-19-15(21-20-12)13-6-5-7-14(10-13)16(22)18-11-17(23)8-3-2-4-9-17/h5-7,10,23H,2-4,8-9,11H2,1H3,(H,18,22)(H,19,20,21). The average Bonchev–Trinajstić information content (AvgIpc) is 3.00. The molecule has 3 N–H and O–H groups in total. The quantitative estimate of drug-likeness (QED) is 0.807. The Kier molecular flexibility index (Phi) is 4.43. The number of aliphatic hydroxyl groups is 1. The summed E-state index contributed by atoms with van der Waals surface area (Å²) in [5.41, 5.74) is 0.578. The van der Waals surface area contributed by atoms with E-state index in [4.69, 9.17) is 0 Å². The highest BCUT2D eigenvalue weighted by molar-refractivity contribution is 5.95. The van der Waals surface area contributed by atoms with Crippen LogP contribution in [0.15, 0.2) is 24.3 Å². The number of aromatic amines is 1. The van der Waals surface area contributed by atoms with Crippen molar-refractivity contribution < 1.29 is 9.90 Å². The Balaban J connectivity index is 1.68. The van der Waals surface area contributed by atoms with Gasteiger partial charge in [-0.15, -0.1) is 0 Å². The Bertz CT molecular complexity index is 689. The van der Waals surface area contributed by atoms with E-state index in [0.29, 0.717) is 17.9 Å². The molecule has 1 amide bonds. The summed E-state index contributed by atoms with van der Waals surface area (Å²) >= 11 is 0. The van der Waals surface area contributed by atoms with Gasteiger partial charge in [0.05, 0.1) is 5.60 Å². The van der Waals surface area contributed by atoms with Gasteiger partial charge in [0.1, 0.15) is 5.82 Å². The maximum absolute atomic E-state index is 12.3. The fraction of sp³-hybridized carbons (Fsp3) is 0.471. The molecule has 6 nitrogen and oxygen atoms in total. The third kappa shape index (κ3) is 3.76. The van der Waals surface area contributed by atoms with Crippen LogP contribution in [0.1, 0.15) is 48.3 Å². The summed E-state index contributed by atoms with van der Waals surface area (Å²) in [6.45, 7) is 2.13. The molecule has 0 unspecified atom stereocenters. The van der Waals surface area contributed by atoms with E-state index < -0.39 is 5.60 Å². The number of H-pyrrole nitrogens is 1. The van der Waals surface area contributed by atoms with Crippen molar-refractivity contribution in [1.29, 1.82) is 0 Å². The van der Waals surface area contributed by atoms with Crippen LogP contribution in [0.3, 0.4) is 0 Å². The van der Waals surface area contributed by atoms with Gasteiger partial charge in [-0.25, -0.2) is 4.98 Å². The number of hydrogen-bond acceptors (Lipinski definition) is 4. The molecule has 2 aromatic rings. The number of rotatable bonds is 4. The van der Waals surface area contributed by atoms with Gasteiger partial charge in [-0.3, -0.25) is 9.89 Å². The molecule has 1 aromatic heterocycles. The van der Waals surface area contributed by atoms with Gasteiger partial charge in [0, 0.05) is 17.7 Å². The molecular formula is C17H22N4O2. The largest absolute Gasteiger partial charge is 0.388 e. The summed E-state index contributed by atoms with van der Waals surface area (Å²) in [5, 5.41) is 20.2. The highest BCUT2D eigenvalue weighted by Crippen LogP contribution is 2.27. The molecule has 1 saturated carbocycles. The fourth-order valence-corrected chi connectivity index (χ4v) is 3.00. The normalized spacial score (nSPS) is 17.0. The Morgan fingerprint density at radius 2 is 2.13 bits per heavy atom. The van der Waals surface area contributed by atoms with Gasteiger partial charge in [0.2, 0.25) is 0 Å². The van der Waals surface area contributed by atoms with E-state index in [1.165, 1.54) is 0 Å². The van der Waals surface area contributed by atoms with Crippen molar-refractivity contribution >= 4 is 5.91 Å². The van der Waals surface area contributed by atoms with Gasteiger partial charge in [0.25, 0.3) is 5.91 Å². The number of benzene rings is 1. The van der Waals surface area contributed by atoms with Crippen LogP contribution < -0.4 is 5.32 Å². The first-order valence-corrected chi connectivity index (χ1v) is 8.06. The number of carbonyl (C=O) groups is 1. The van der Waals surface area contributed by atoms with Gasteiger partial charge in [-0.05, 0) is 31.9 Å². The SMILES string of the molecule is Cc1nc(-c2cccc(C(=O)NCC3(O)CCCCC3)c2)n[nH]1. The van der Waals surface area contributed by atoms with Crippen molar-refractivity contribution in [2.45, 2.75) is 44.6 Å². The summed E-state index contributed by atoms with van der Waals surface area (Å²) < 4.78 is 0. The second-order valence-corrected chi connectivity index (χ2v) is 6.29. The number of hydrogen-bond donors (Lipinski definition) is 3. The van der Waals surface area contributed by atoms with Gasteiger partial charge in [-0.2, -0.15) is 5.10 Å². The summed E-state index contributed by atoms with van der Waals surface area (Å²) in [6, 6.07) is 7.20. The minimum absolute atomic E-state index is 0.182. The molecule has 1 aliphatic rings. The van der Waals surface area contributed by atoms with Gasteiger partial charge < -0.3 is 10.4 Å². The van der Waals surface area contributed by atoms with Crippen molar-refractivity contribution in [3.8, 4) is 11.4 Å². The molecule has 3 rings (SSSR count). The van der Waals surface area contributed by atoms with E-state index >= 15 is 0 Å². The summed E-state index contributed by atoms with van der Waals surface area (Å²) in [4.78, 5) is 16.6. The van der Waals surface area contributed by atoms with Crippen LogP contribution >= 0.6 is 0 Å². The Morgan fingerprint density at radius 3 is 2.83 bits per heavy atom. The molecule has 0 atom stereocenters. The summed E-state index contributed by atoms with van der Waals surface area (Å²) in [5.74, 6) is 1.12. The topological polar surface area (TPSA) is 90.9 Å². The molecule has 1 fully saturated rings. The maximum atomic E-state index is 12.3. The first kappa shape index (κ1) is 15.7. The molecule has 1 aliphatic carbocycles. The average molecular weight is 314 g/mol. The van der Waals surface area contributed by atoms with E-state index in [9.17, 15) is 9.90 Å². The molecular weight excluding hydrogens is 292 g/mol. The number of nitrogens with one attached hydrogen (secondary N) is 2. The van der Waals surface area contributed by atoms with E-state index in [1.807, 2.05) is 19.1 Å².